The number of carboxylic acid groups (broad SMARTS) is 1. The predicted molar refractivity (Wildman–Crippen MR) is 153 cm³/mol. The van der Waals surface area contributed by atoms with E-state index in [0.29, 0.717) is 47.3 Å². The summed E-state index contributed by atoms with van der Waals surface area (Å²) < 4.78 is 16.0. The number of rotatable bonds is 10. The second-order valence-electron chi connectivity index (χ2n) is 10.5. The Kier molecular flexibility index (Phi) is 8.21. The summed E-state index contributed by atoms with van der Waals surface area (Å²) in [6.07, 6.45) is 5.49. The Balaban J connectivity index is 1.14. The van der Waals surface area contributed by atoms with E-state index in [1.807, 2.05) is 31.2 Å². The van der Waals surface area contributed by atoms with Gasteiger partial charge in [0.1, 0.15) is 23.4 Å². The van der Waals surface area contributed by atoms with Crippen molar-refractivity contribution in [1.82, 2.24) is 24.6 Å². The summed E-state index contributed by atoms with van der Waals surface area (Å²) in [5.41, 5.74) is 1.64. The first kappa shape index (κ1) is 27.7. The highest BCUT2D eigenvalue weighted by Gasteiger charge is 2.36. The lowest BCUT2D eigenvalue weighted by Crippen LogP contribution is -2.49. The van der Waals surface area contributed by atoms with Crippen LogP contribution in [0, 0.1) is 12.8 Å². The quantitative estimate of drug-likeness (QED) is 0.240. The minimum atomic E-state index is -1.31. The number of hydrogen-bond acceptors (Lipinski definition) is 12. The van der Waals surface area contributed by atoms with E-state index < -0.39 is 12.1 Å². The van der Waals surface area contributed by atoms with Crippen LogP contribution in [0.25, 0.3) is 11.5 Å². The number of aliphatic carboxylic acids is 1. The van der Waals surface area contributed by atoms with E-state index in [0.717, 1.165) is 62.0 Å². The lowest BCUT2D eigenvalue weighted by Gasteiger charge is -2.41. The number of fused-ring (bicyclic) bond motifs is 1. The number of carbonyl (C=O) groups is 1. The van der Waals surface area contributed by atoms with Crippen LogP contribution in [0.3, 0.4) is 0 Å². The highest BCUT2D eigenvalue weighted by Crippen LogP contribution is 2.43. The molecule has 0 radical (unpaired) electrons. The van der Waals surface area contributed by atoms with Gasteiger partial charge in [-0.15, -0.1) is 0 Å². The maximum Gasteiger partial charge on any atom is 0.336 e. The molecule has 3 aromatic heterocycles. The number of aliphatic hydroxyl groups is 1. The van der Waals surface area contributed by atoms with E-state index in [9.17, 15) is 15.0 Å². The largest absolute Gasteiger partial charge is 0.478 e. The number of carboxylic acids is 1. The minimum absolute atomic E-state index is 0.158. The van der Waals surface area contributed by atoms with Crippen LogP contribution in [0.2, 0.25) is 0 Å². The molecule has 2 unspecified atom stereocenters. The molecule has 3 aliphatic rings. The van der Waals surface area contributed by atoms with Gasteiger partial charge in [-0.3, -0.25) is 15.2 Å². The van der Waals surface area contributed by atoms with Gasteiger partial charge in [0, 0.05) is 61.7 Å². The van der Waals surface area contributed by atoms with Crippen LogP contribution in [-0.4, -0.2) is 81.2 Å². The number of pyridine rings is 2. The summed E-state index contributed by atoms with van der Waals surface area (Å²) in [5.74, 6) is 0.796. The summed E-state index contributed by atoms with van der Waals surface area (Å²) in [5, 5.41) is 24.6. The van der Waals surface area contributed by atoms with Gasteiger partial charge in [0.25, 0.3) is 0 Å². The fourth-order valence-corrected chi connectivity index (χ4v) is 5.99. The number of anilines is 3. The second kappa shape index (κ2) is 12.2. The Bertz CT molecular complexity index is 1410. The second-order valence-corrected chi connectivity index (χ2v) is 11.3. The highest BCUT2D eigenvalue weighted by atomic mass is 32.1. The van der Waals surface area contributed by atoms with Gasteiger partial charge in [0.15, 0.2) is 5.82 Å². The zero-order valence-corrected chi connectivity index (χ0v) is 23.6. The minimum Gasteiger partial charge on any atom is -0.478 e. The molecule has 41 heavy (non-hydrogen) atoms. The Morgan fingerprint density at radius 1 is 1.27 bits per heavy atom. The molecule has 0 aromatic carbocycles. The summed E-state index contributed by atoms with van der Waals surface area (Å²) in [7, 11) is 0. The maximum absolute atomic E-state index is 12.0. The highest BCUT2D eigenvalue weighted by molar-refractivity contribution is 7.10. The van der Waals surface area contributed by atoms with Gasteiger partial charge in [-0.25, -0.2) is 9.78 Å². The third-order valence-corrected chi connectivity index (χ3v) is 8.26. The van der Waals surface area contributed by atoms with E-state index in [-0.39, 0.29) is 11.7 Å². The summed E-state index contributed by atoms with van der Waals surface area (Å²) >= 11 is 1.11. The van der Waals surface area contributed by atoms with Crippen molar-refractivity contribution in [3.05, 3.63) is 53.4 Å². The Labute approximate surface area is 241 Å². The van der Waals surface area contributed by atoms with Crippen molar-refractivity contribution in [2.45, 2.75) is 38.4 Å². The number of ether oxygens (including phenoxy) is 2. The molecule has 3 aliphatic heterocycles. The SMILES string of the molecule is Cc1cc(N2CC(COCNCC3CCCCO3)C2)nc2c1C(O)C(C(=O)O)=CN2c1nc(-c2ccccn2)ns1. The maximum atomic E-state index is 12.0. The van der Waals surface area contributed by atoms with E-state index >= 15 is 0 Å². The lowest BCUT2D eigenvalue weighted by molar-refractivity contribution is -0.133. The molecule has 0 amide bonds. The number of hydrogen-bond donors (Lipinski definition) is 3. The monoisotopic (exact) mass is 579 g/mol. The van der Waals surface area contributed by atoms with Crippen LogP contribution in [0.15, 0.2) is 42.2 Å². The molecule has 0 saturated carbocycles. The number of aliphatic hydroxyl groups excluding tert-OH is 1. The van der Waals surface area contributed by atoms with Gasteiger partial charge in [0.2, 0.25) is 5.13 Å². The van der Waals surface area contributed by atoms with E-state index in [1.54, 1.807) is 11.1 Å². The van der Waals surface area contributed by atoms with E-state index in [4.69, 9.17) is 14.5 Å². The zero-order valence-electron chi connectivity index (χ0n) is 22.8. The smallest absolute Gasteiger partial charge is 0.336 e. The van der Waals surface area contributed by atoms with Crippen LogP contribution >= 0.6 is 11.5 Å². The number of nitrogens with zero attached hydrogens (tertiary/aromatic N) is 6. The lowest BCUT2D eigenvalue weighted by atomic mass is 9.94. The van der Waals surface area contributed by atoms with Crippen LogP contribution in [0.1, 0.15) is 36.5 Å². The first-order valence-electron chi connectivity index (χ1n) is 13.8. The van der Waals surface area contributed by atoms with Crippen molar-refractivity contribution < 1.29 is 24.5 Å². The summed E-state index contributed by atoms with van der Waals surface area (Å²) in [4.78, 5) is 29.6. The molecule has 0 bridgehead atoms. The third kappa shape index (κ3) is 5.95. The van der Waals surface area contributed by atoms with Crippen LogP contribution in [0.5, 0.6) is 0 Å². The predicted octanol–water partition coefficient (Wildman–Crippen LogP) is 3.03. The van der Waals surface area contributed by atoms with Crippen molar-refractivity contribution in [3.8, 4) is 11.5 Å². The molecule has 3 aromatic rings. The Morgan fingerprint density at radius 2 is 2.15 bits per heavy atom. The fraction of sp³-hybridized carbons (Fsp3) is 0.464. The van der Waals surface area contributed by atoms with Crippen molar-refractivity contribution in [3.63, 3.8) is 0 Å². The Hall–Kier alpha value is -3.49. The molecule has 12 nitrogen and oxygen atoms in total. The summed E-state index contributed by atoms with van der Waals surface area (Å²) in [6, 6.07) is 7.37. The van der Waals surface area contributed by atoms with Crippen molar-refractivity contribution in [2.75, 3.05) is 49.4 Å². The van der Waals surface area contributed by atoms with Crippen LogP contribution in [0.4, 0.5) is 16.8 Å². The van der Waals surface area contributed by atoms with Gasteiger partial charge in [-0.05, 0) is 49.9 Å². The standard InChI is InChI=1S/C28H33N7O5S/c1-17-10-22(34-12-18(13-34)15-39-16-29-11-19-6-3-5-9-40-19)31-26-23(17)24(36)20(27(37)38)14-35(26)28-32-25(33-41-28)21-7-2-4-8-30-21/h2,4,7-8,10,14,18-19,24,29,36H,3,5-6,9,11-13,15-16H2,1H3,(H,37,38). The molecule has 2 atom stereocenters. The third-order valence-electron chi connectivity index (χ3n) is 7.54. The molecule has 13 heteroatoms. The normalized spacial score (nSPS) is 20.9. The van der Waals surface area contributed by atoms with Gasteiger partial charge in [-0.1, -0.05) is 6.07 Å². The van der Waals surface area contributed by atoms with Crippen molar-refractivity contribution >= 4 is 34.3 Å². The van der Waals surface area contributed by atoms with Crippen LogP contribution < -0.4 is 15.1 Å². The zero-order chi connectivity index (χ0) is 28.3. The molecule has 0 spiro atoms. The average Bonchev–Trinajstić information content (AvgIpc) is 3.45. The Morgan fingerprint density at radius 3 is 2.90 bits per heavy atom. The van der Waals surface area contributed by atoms with Gasteiger partial charge in [0.05, 0.1) is 25.0 Å². The average molecular weight is 580 g/mol. The van der Waals surface area contributed by atoms with Crippen molar-refractivity contribution in [2.24, 2.45) is 5.92 Å². The molecular formula is C28H33N7O5S. The van der Waals surface area contributed by atoms with Crippen molar-refractivity contribution in [1.29, 1.82) is 0 Å². The van der Waals surface area contributed by atoms with E-state index in [2.05, 4.69) is 24.6 Å². The van der Waals surface area contributed by atoms with Gasteiger partial charge < -0.3 is 24.6 Å². The molecule has 6 heterocycles. The van der Waals surface area contributed by atoms with Gasteiger partial charge >= 0.3 is 5.97 Å². The number of nitrogens with one attached hydrogen (secondary N) is 1. The topological polar surface area (TPSA) is 146 Å². The molecule has 216 valence electrons. The summed E-state index contributed by atoms with van der Waals surface area (Å²) in [6.45, 7) is 6.25. The van der Waals surface area contributed by atoms with E-state index in [1.165, 1.54) is 12.6 Å². The first-order chi connectivity index (χ1) is 20.0. The molecular weight excluding hydrogens is 546 g/mol. The molecule has 2 fully saturated rings. The van der Waals surface area contributed by atoms with Crippen LogP contribution in [-0.2, 0) is 14.3 Å². The molecule has 3 N–H and O–H groups in total. The number of aryl methyl sites for hydroxylation is 1. The first-order valence-corrected chi connectivity index (χ1v) is 14.6. The molecule has 2 saturated heterocycles. The fourth-order valence-electron chi connectivity index (χ4n) is 5.34. The van der Waals surface area contributed by atoms with Gasteiger partial charge in [-0.2, -0.15) is 9.36 Å². The molecule has 6 rings (SSSR count). The molecule has 0 aliphatic carbocycles. The number of aromatic nitrogens is 4.